The molecule has 7 heteroatoms. The number of carboxylic acid groups (broad SMARTS) is 1. The lowest BCUT2D eigenvalue weighted by atomic mass is 9.95. The van der Waals surface area contributed by atoms with Crippen LogP contribution in [0.4, 0.5) is 8.78 Å². The van der Waals surface area contributed by atoms with Gasteiger partial charge in [0.2, 0.25) is 5.91 Å². The van der Waals surface area contributed by atoms with E-state index in [4.69, 9.17) is 9.84 Å². The van der Waals surface area contributed by atoms with Crippen molar-refractivity contribution < 1.29 is 28.2 Å². The van der Waals surface area contributed by atoms with Crippen molar-refractivity contribution in [3.63, 3.8) is 0 Å². The fraction of sp³-hybridized carbons (Fsp3) is 0.429. The maximum atomic E-state index is 13.5. The zero-order valence-corrected chi connectivity index (χ0v) is 11.4. The Bertz CT molecular complexity index is 550. The van der Waals surface area contributed by atoms with Crippen LogP contribution >= 0.6 is 0 Å². The highest BCUT2D eigenvalue weighted by Crippen LogP contribution is 2.26. The van der Waals surface area contributed by atoms with Crippen LogP contribution in [0.15, 0.2) is 18.2 Å². The summed E-state index contributed by atoms with van der Waals surface area (Å²) in [5, 5.41) is 8.54. The summed E-state index contributed by atoms with van der Waals surface area (Å²) in [5.74, 6) is -3.02. The summed E-state index contributed by atoms with van der Waals surface area (Å²) in [4.78, 5) is 23.8. The minimum Gasteiger partial charge on any atom is -0.480 e. The van der Waals surface area contributed by atoms with Gasteiger partial charge in [-0.25, -0.2) is 13.6 Å². The lowest BCUT2D eigenvalue weighted by Crippen LogP contribution is -2.63. The van der Waals surface area contributed by atoms with E-state index in [1.54, 1.807) is 6.92 Å². The van der Waals surface area contributed by atoms with Gasteiger partial charge in [0.25, 0.3) is 0 Å². The van der Waals surface area contributed by atoms with E-state index in [0.29, 0.717) is 0 Å². The number of ether oxygens (including phenoxy) is 1. The standard InChI is InChI=1S/C14H15F2NO4/c1-14(21-6-13(19)20)7-17(8-14)12(18)5-9-10(15)3-2-4-11(9)16/h2-4H,5-8H2,1H3,(H,19,20). The Balaban J connectivity index is 1.91. The number of carbonyl (C=O) groups is 2. The minimum atomic E-state index is -1.09. The molecule has 5 nitrogen and oxygen atoms in total. The maximum absolute atomic E-state index is 13.5. The third-order valence-corrected chi connectivity index (χ3v) is 3.34. The number of aliphatic carboxylic acids is 1. The zero-order chi connectivity index (χ0) is 15.6. The summed E-state index contributed by atoms with van der Waals surface area (Å²) in [5.41, 5.74) is -0.982. The average molecular weight is 299 g/mol. The van der Waals surface area contributed by atoms with Gasteiger partial charge in [0.15, 0.2) is 0 Å². The van der Waals surface area contributed by atoms with Crippen molar-refractivity contribution in [3.05, 3.63) is 35.4 Å². The number of amides is 1. The van der Waals surface area contributed by atoms with E-state index in [9.17, 15) is 18.4 Å². The molecular weight excluding hydrogens is 284 g/mol. The third kappa shape index (κ3) is 3.55. The highest BCUT2D eigenvalue weighted by atomic mass is 19.1. The SMILES string of the molecule is CC1(OCC(=O)O)CN(C(=O)Cc2c(F)cccc2F)C1. The molecule has 0 aliphatic carbocycles. The molecule has 0 saturated carbocycles. The van der Waals surface area contributed by atoms with Crippen molar-refractivity contribution in [1.29, 1.82) is 0 Å². The number of hydrogen-bond donors (Lipinski definition) is 1. The number of halogens is 2. The van der Waals surface area contributed by atoms with Crippen molar-refractivity contribution in [1.82, 2.24) is 4.90 Å². The molecule has 0 radical (unpaired) electrons. The van der Waals surface area contributed by atoms with E-state index in [2.05, 4.69) is 0 Å². The quantitative estimate of drug-likeness (QED) is 0.887. The topological polar surface area (TPSA) is 66.8 Å². The van der Waals surface area contributed by atoms with E-state index in [1.165, 1.54) is 11.0 Å². The number of nitrogens with zero attached hydrogens (tertiary/aromatic N) is 1. The van der Waals surface area contributed by atoms with E-state index in [0.717, 1.165) is 12.1 Å². The van der Waals surface area contributed by atoms with Crippen LogP contribution in [0.2, 0.25) is 0 Å². The molecule has 1 fully saturated rings. The molecular formula is C14H15F2NO4. The Morgan fingerprint density at radius 2 is 1.90 bits per heavy atom. The molecule has 1 amide bonds. The number of rotatable bonds is 5. The molecule has 1 aromatic rings. The Hall–Kier alpha value is -2.02. The van der Waals surface area contributed by atoms with Crippen LogP contribution in [0, 0.1) is 11.6 Å². The van der Waals surface area contributed by atoms with Crippen LogP contribution in [0.1, 0.15) is 12.5 Å². The molecule has 0 atom stereocenters. The molecule has 1 aliphatic heterocycles. The van der Waals surface area contributed by atoms with Gasteiger partial charge in [-0.1, -0.05) is 6.07 Å². The highest BCUT2D eigenvalue weighted by molar-refractivity contribution is 5.80. The summed E-state index contributed by atoms with van der Waals surface area (Å²) in [6.07, 6.45) is -0.368. The average Bonchev–Trinajstić information content (AvgIpc) is 2.37. The van der Waals surface area contributed by atoms with Crippen LogP contribution in [-0.4, -0.2) is 47.2 Å². The van der Waals surface area contributed by atoms with Gasteiger partial charge in [-0.3, -0.25) is 4.79 Å². The van der Waals surface area contributed by atoms with Gasteiger partial charge in [-0.05, 0) is 19.1 Å². The van der Waals surface area contributed by atoms with Crippen molar-refractivity contribution in [3.8, 4) is 0 Å². The predicted octanol–water partition coefficient (Wildman–Crippen LogP) is 1.21. The molecule has 1 heterocycles. The van der Waals surface area contributed by atoms with Gasteiger partial charge < -0.3 is 14.7 Å². The van der Waals surface area contributed by atoms with Crippen molar-refractivity contribution >= 4 is 11.9 Å². The van der Waals surface area contributed by atoms with E-state index < -0.39 is 35.7 Å². The second kappa shape index (κ2) is 5.77. The lowest BCUT2D eigenvalue weighted by Gasteiger charge is -2.47. The summed E-state index contributed by atoms with van der Waals surface area (Å²) in [7, 11) is 0. The first kappa shape index (κ1) is 15.4. The number of likely N-dealkylation sites (tertiary alicyclic amines) is 1. The first-order valence-electron chi connectivity index (χ1n) is 6.37. The molecule has 1 aromatic carbocycles. The lowest BCUT2D eigenvalue weighted by molar-refractivity contribution is -0.172. The van der Waals surface area contributed by atoms with Crippen LogP contribution in [0.5, 0.6) is 0 Å². The minimum absolute atomic E-state index is 0.204. The monoisotopic (exact) mass is 299 g/mol. The molecule has 0 unspecified atom stereocenters. The van der Waals surface area contributed by atoms with Gasteiger partial charge in [0, 0.05) is 5.56 Å². The van der Waals surface area contributed by atoms with E-state index in [-0.39, 0.29) is 25.1 Å². The molecule has 1 saturated heterocycles. The number of carboxylic acids is 1. The largest absolute Gasteiger partial charge is 0.480 e. The molecule has 21 heavy (non-hydrogen) atoms. The van der Waals surface area contributed by atoms with Gasteiger partial charge in [-0.15, -0.1) is 0 Å². The smallest absolute Gasteiger partial charge is 0.329 e. The van der Waals surface area contributed by atoms with Crippen molar-refractivity contribution in [2.24, 2.45) is 0 Å². The Labute approximate surface area is 120 Å². The van der Waals surface area contributed by atoms with E-state index in [1.807, 2.05) is 0 Å². The summed E-state index contributed by atoms with van der Waals surface area (Å²) < 4.78 is 32.1. The number of hydrogen-bond acceptors (Lipinski definition) is 3. The van der Waals surface area contributed by atoms with Gasteiger partial charge >= 0.3 is 5.97 Å². The fourth-order valence-corrected chi connectivity index (χ4v) is 2.23. The van der Waals surface area contributed by atoms with Crippen LogP contribution in [-0.2, 0) is 20.7 Å². The molecule has 1 N–H and O–H groups in total. The van der Waals surface area contributed by atoms with Gasteiger partial charge in [0.05, 0.1) is 19.5 Å². The second-order valence-corrected chi connectivity index (χ2v) is 5.26. The molecule has 2 rings (SSSR count). The fourth-order valence-electron chi connectivity index (χ4n) is 2.23. The Morgan fingerprint density at radius 3 is 2.43 bits per heavy atom. The number of carbonyl (C=O) groups excluding carboxylic acids is 1. The second-order valence-electron chi connectivity index (χ2n) is 5.26. The molecule has 1 aliphatic rings. The molecule has 0 spiro atoms. The summed E-state index contributed by atoms with van der Waals surface area (Å²) in [6, 6.07) is 3.43. The number of benzene rings is 1. The van der Waals surface area contributed by atoms with Gasteiger partial charge in [-0.2, -0.15) is 0 Å². The van der Waals surface area contributed by atoms with Crippen LogP contribution in [0.25, 0.3) is 0 Å². The van der Waals surface area contributed by atoms with Crippen molar-refractivity contribution in [2.45, 2.75) is 18.9 Å². The van der Waals surface area contributed by atoms with Crippen LogP contribution < -0.4 is 0 Å². The zero-order valence-electron chi connectivity index (χ0n) is 11.4. The Morgan fingerprint density at radius 1 is 1.33 bits per heavy atom. The first-order valence-corrected chi connectivity index (χ1v) is 6.37. The Kier molecular flexibility index (Phi) is 4.22. The maximum Gasteiger partial charge on any atom is 0.329 e. The van der Waals surface area contributed by atoms with Gasteiger partial charge in [0.1, 0.15) is 23.8 Å². The van der Waals surface area contributed by atoms with Crippen molar-refractivity contribution in [2.75, 3.05) is 19.7 Å². The summed E-state index contributed by atoms with van der Waals surface area (Å²) in [6.45, 7) is 1.65. The van der Waals surface area contributed by atoms with E-state index >= 15 is 0 Å². The van der Waals surface area contributed by atoms with Crippen LogP contribution in [0.3, 0.4) is 0 Å². The third-order valence-electron chi connectivity index (χ3n) is 3.34. The summed E-state index contributed by atoms with van der Waals surface area (Å²) >= 11 is 0. The predicted molar refractivity (Wildman–Crippen MR) is 68.6 cm³/mol. The normalized spacial score (nSPS) is 16.4. The first-order chi connectivity index (χ1) is 9.81. The molecule has 0 aromatic heterocycles. The molecule has 114 valence electrons. The highest BCUT2D eigenvalue weighted by Gasteiger charge is 2.42. The molecule has 0 bridgehead atoms.